The van der Waals surface area contributed by atoms with E-state index in [1.807, 2.05) is 0 Å². The Bertz CT molecular complexity index is 221. The molecule has 0 atom stereocenters. The van der Waals surface area contributed by atoms with E-state index in [1.54, 1.807) is 0 Å². The zero-order valence-corrected chi connectivity index (χ0v) is 10.2. The highest BCUT2D eigenvalue weighted by Crippen LogP contribution is 2.05. The first-order valence-electron chi connectivity index (χ1n) is 5.34. The van der Waals surface area contributed by atoms with Crippen molar-refractivity contribution in [3.8, 4) is 0 Å². The van der Waals surface area contributed by atoms with Crippen molar-refractivity contribution in [2.45, 2.75) is 26.8 Å². The van der Waals surface area contributed by atoms with Crippen LogP contribution in [0, 0.1) is 0 Å². The average molecular weight is 194 g/mol. The Balaban J connectivity index is 0.000000500. The molecule has 80 valence electrons. The molecule has 1 aromatic rings. The third kappa shape index (κ3) is 7.81. The molecular formula is C13H24N+. The summed E-state index contributed by atoms with van der Waals surface area (Å²) in [5, 5.41) is 0. The molecule has 0 fully saturated rings. The SMILES string of the molecule is CCC.C[N+](C)(C)Cc1ccccc1. The lowest BCUT2D eigenvalue weighted by Crippen LogP contribution is -2.33. The molecule has 14 heavy (non-hydrogen) atoms. The Morgan fingerprint density at radius 3 is 1.71 bits per heavy atom. The fraction of sp³-hybridized carbons (Fsp3) is 0.538. The lowest BCUT2D eigenvalue weighted by Gasteiger charge is -2.23. The minimum atomic E-state index is 0.990. The Morgan fingerprint density at radius 1 is 0.929 bits per heavy atom. The van der Waals surface area contributed by atoms with Gasteiger partial charge in [-0.25, -0.2) is 0 Å². The zero-order valence-electron chi connectivity index (χ0n) is 10.2. The maximum absolute atomic E-state index is 2.20. The molecule has 0 saturated carbocycles. The second-order valence-electron chi connectivity index (χ2n) is 4.64. The number of quaternary nitrogens is 1. The molecule has 1 aromatic carbocycles. The average Bonchev–Trinajstić information content (AvgIpc) is 2.04. The van der Waals surface area contributed by atoms with Crippen LogP contribution in [0.5, 0.6) is 0 Å². The number of nitrogens with zero attached hydrogens (tertiary/aromatic N) is 1. The number of hydrogen-bond acceptors (Lipinski definition) is 0. The van der Waals surface area contributed by atoms with Gasteiger partial charge in [-0.2, -0.15) is 0 Å². The summed E-state index contributed by atoms with van der Waals surface area (Å²) in [6, 6.07) is 10.6. The van der Waals surface area contributed by atoms with Gasteiger partial charge in [0.2, 0.25) is 0 Å². The standard InChI is InChI=1S/C10H16N.C3H8/c1-11(2,3)9-10-7-5-4-6-8-10;1-3-2/h4-8H,9H2,1-3H3;3H2,1-2H3/q+1;. The maximum atomic E-state index is 2.20. The molecule has 0 heterocycles. The highest BCUT2D eigenvalue weighted by molar-refractivity contribution is 5.13. The van der Waals surface area contributed by atoms with Gasteiger partial charge in [-0.1, -0.05) is 50.6 Å². The lowest BCUT2D eigenvalue weighted by molar-refractivity contribution is -0.884. The maximum Gasteiger partial charge on any atom is 0.104 e. The smallest absolute Gasteiger partial charge is 0.104 e. The molecule has 1 heteroatoms. The van der Waals surface area contributed by atoms with Crippen molar-refractivity contribution < 1.29 is 4.48 Å². The van der Waals surface area contributed by atoms with Crippen LogP contribution in [0.3, 0.4) is 0 Å². The first-order valence-corrected chi connectivity index (χ1v) is 5.34. The Hall–Kier alpha value is -0.820. The van der Waals surface area contributed by atoms with E-state index in [2.05, 4.69) is 65.3 Å². The second kappa shape index (κ2) is 6.61. The summed E-state index contributed by atoms with van der Waals surface area (Å²) >= 11 is 0. The fourth-order valence-electron chi connectivity index (χ4n) is 1.13. The summed E-state index contributed by atoms with van der Waals surface area (Å²) in [5.74, 6) is 0. The van der Waals surface area contributed by atoms with E-state index < -0.39 is 0 Å². The molecule has 0 radical (unpaired) electrons. The van der Waals surface area contributed by atoms with Gasteiger partial charge < -0.3 is 4.48 Å². The van der Waals surface area contributed by atoms with Crippen molar-refractivity contribution in [2.75, 3.05) is 21.1 Å². The summed E-state index contributed by atoms with van der Waals surface area (Å²) in [4.78, 5) is 0. The van der Waals surface area contributed by atoms with Crippen LogP contribution in [0.2, 0.25) is 0 Å². The molecule has 0 spiro atoms. The normalized spacial score (nSPS) is 10.4. The number of hydrogen-bond donors (Lipinski definition) is 0. The van der Waals surface area contributed by atoms with Crippen LogP contribution in [-0.4, -0.2) is 25.6 Å². The quantitative estimate of drug-likeness (QED) is 0.634. The summed E-state index contributed by atoms with van der Waals surface area (Å²) in [6.45, 7) is 5.35. The molecule has 0 aliphatic heterocycles. The fourth-order valence-corrected chi connectivity index (χ4v) is 1.13. The van der Waals surface area contributed by atoms with Crippen LogP contribution >= 0.6 is 0 Å². The monoisotopic (exact) mass is 194 g/mol. The van der Waals surface area contributed by atoms with Gasteiger partial charge >= 0.3 is 0 Å². The third-order valence-electron chi connectivity index (χ3n) is 1.50. The first kappa shape index (κ1) is 13.2. The van der Waals surface area contributed by atoms with Crippen molar-refractivity contribution >= 4 is 0 Å². The number of rotatable bonds is 2. The molecule has 0 aliphatic rings. The second-order valence-corrected chi connectivity index (χ2v) is 4.64. The van der Waals surface area contributed by atoms with E-state index >= 15 is 0 Å². The van der Waals surface area contributed by atoms with Crippen LogP contribution in [0.15, 0.2) is 30.3 Å². The van der Waals surface area contributed by atoms with Gasteiger partial charge in [-0.15, -0.1) is 0 Å². The van der Waals surface area contributed by atoms with Gasteiger partial charge in [-0.05, 0) is 0 Å². The minimum absolute atomic E-state index is 0.990. The highest BCUT2D eigenvalue weighted by Gasteiger charge is 2.06. The Kier molecular flexibility index (Phi) is 6.22. The van der Waals surface area contributed by atoms with E-state index in [0.717, 1.165) is 11.0 Å². The van der Waals surface area contributed by atoms with Gasteiger partial charge in [0.15, 0.2) is 0 Å². The van der Waals surface area contributed by atoms with Crippen molar-refractivity contribution in [1.82, 2.24) is 0 Å². The van der Waals surface area contributed by atoms with E-state index in [1.165, 1.54) is 12.0 Å². The van der Waals surface area contributed by atoms with E-state index in [9.17, 15) is 0 Å². The van der Waals surface area contributed by atoms with Crippen LogP contribution in [0.4, 0.5) is 0 Å². The van der Waals surface area contributed by atoms with E-state index in [-0.39, 0.29) is 0 Å². The van der Waals surface area contributed by atoms with Crippen molar-refractivity contribution in [2.24, 2.45) is 0 Å². The molecule has 0 bridgehead atoms. The highest BCUT2D eigenvalue weighted by atomic mass is 15.3. The van der Waals surface area contributed by atoms with Crippen molar-refractivity contribution in [3.05, 3.63) is 35.9 Å². The molecule has 0 aliphatic carbocycles. The molecule has 1 rings (SSSR count). The molecule has 0 unspecified atom stereocenters. The third-order valence-corrected chi connectivity index (χ3v) is 1.50. The van der Waals surface area contributed by atoms with Crippen LogP contribution in [0.25, 0.3) is 0 Å². The van der Waals surface area contributed by atoms with Crippen LogP contribution in [-0.2, 0) is 6.54 Å². The van der Waals surface area contributed by atoms with Gasteiger partial charge in [0.05, 0.1) is 21.1 Å². The summed E-state index contributed by atoms with van der Waals surface area (Å²) < 4.78 is 0.990. The van der Waals surface area contributed by atoms with Crippen molar-refractivity contribution in [3.63, 3.8) is 0 Å². The molecule has 0 N–H and O–H groups in total. The lowest BCUT2D eigenvalue weighted by atomic mass is 10.2. The summed E-state index contributed by atoms with van der Waals surface area (Å²) in [7, 11) is 6.60. The Labute approximate surface area is 89.0 Å². The minimum Gasteiger partial charge on any atom is -0.327 e. The van der Waals surface area contributed by atoms with Crippen LogP contribution in [0.1, 0.15) is 25.8 Å². The zero-order chi connectivity index (χ0) is 11.0. The molecule has 0 amide bonds. The summed E-state index contributed by atoms with van der Waals surface area (Å²) in [5.41, 5.74) is 1.40. The molecule has 0 saturated heterocycles. The van der Waals surface area contributed by atoms with Crippen LogP contribution < -0.4 is 0 Å². The first-order chi connectivity index (χ1) is 6.49. The predicted octanol–water partition coefficient (Wildman–Crippen LogP) is 3.31. The summed E-state index contributed by atoms with van der Waals surface area (Å²) in [6.07, 6.45) is 1.25. The molecule has 0 aromatic heterocycles. The van der Waals surface area contributed by atoms with Gasteiger partial charge in [0.25, 0.3) is 0 Å². The number of benzene rings is 1. The Morgan fingerprint density at radius 2 is 1.36 bits per heavy atom. The topological polar surface area (TPSA) is 0 Å². The molecular weight excluding hydrogens is 170 g/mol. The molecule has 1 nitrogen and oxygen atoms in total. The van der Waals surface area contributed by atoms with E-state index in [0.29, 0.717) is 0 Å². The van der Waals surface area contributed by atoms with Crippen molar-refractivity contribution in [1.29, 1.82) is 0 Å². The largest absolute Gasteiger partial charge is 0.327 e. The van der Waals surface area contributed by atoms with E-state index in [4.69, 9.17) is 0 Å². The van der Waals surface area contributed by atoms with Gasteiger partial charge in [0, 0.05) is 5.56 Å². The predicted molar refractivity (Wildman–Crippen MR) is 64.1 cm³/mol. The van der Waals surface area contributed by atoms with Gasteiger partial charge in [0.1, 0.15) is 6.54 Å². The van der Waals surface area contributed by atoms with Gasteiger partial charge in [-0.3, -0.25) is 0 Å².